The Bertz CT molecular complexity index is 585. The first-order chi connectivity index (χ1) is 7.93. The first kappa shape index (κ1) is 12.2. The van der Waals surface area contributed by atoms with Gasteiger partial charge in [0.15, 0.2) is 6.29 Å². The van der Waals surface area contributed by atoms with Crippen LogP contribution >= 0.6 is 15.9 Å². The molecule has 0 aliphatic carbocycles. The summed E-state index contributed by atoms with van der Waals surface area (Å²) in [5.41, 5.74) is 2.57. The maximum Gasteiger partial charge on any atom is 0.151 e. The Balaban J connectivity index is 2.89. The summed E-state index contributed by atoms with van der Waals surface area (Å²) in [4.78, 5) is 15.5. The van der Waals surface area contributed by atoms with Gasteiger partial charge in [0.05, 0.1) is 5.52 Å². The second kappa shape index (κ2) is 4.22. The van der Waals surface area contributed by atoms with Crippen molar-refractivity contribution in [2.24, 2.45) is 0 Å². The highest BCUT2D eigenvalue weighted by atomic mass is 79.9. The molecule has 0 spiro atoms. The molecule has 2 rings (SSSR count). The van der Waals surface area contributed by atoms with Crippen LogP contribution in [-0.4, -0.2) is 11.3 Å². The number of rotatable bonds is 1. The molecule has 0 N–H and O–H groups in total. The number of pyridine rings is 1. The molecule has 0 aliphatic rings. The van der Waals surface area contributed by atoms with E-state index in [-0.39, 0.29) is 5.41 Å². The van der Waals surface area contributed by atoms with Crippen molar-refractivity contribution < 1.29 is 4.79 Å². The van der Waals surface area contributed by atoms with E-state index in [1.54, 1.807) is 6.20 Å². The molecule has 1 aromatic carbocycles. The maximum absolute atomic E-state index is 11.1. The third-order valence-electron chi connectivity index (χ3n) is 2.74. The molecule has 2 nitrogen and oxygen atoms in total. The van der Waals surface area contributed by atoms with Gasteiger partial charge in [-0.15, -0.1) is 0 Å². The van der Waals surface area contributed by atoms with Gasteiger partial charge in [-0.05, 0) is 23.1 Å². The zero-order valence-electron chi connectivity index (χ0n) is 10.1. The highest BCUT2D eigenvalue weighted by Crippen LogP contribution is 2.32. The summed E-state index contributed by atoms with van der Waals surface area (Å²) in [5, 5.41) is 1.05. The van der Waals surface area contributed by atoms with Gasteiger partial charge in [-0.3, -0.25) is 9.78 Å². The molecule has 0 aliphatic heterocycles. The SMILES string of the molecule is CC(C)(C)c1c(C=O)cnc2cc(Br)ccc12. The number of carbonyl (C=O) groups is 1. The molecule has 0 bridgehead atoms. The molecule has 0 saturated heterocycles. The van der Waals surface area contributed by atoms with Gasteiger partial charge in [0.2, 0.25) is 0 Å². The largest absolute Gasteiger partial charge is 0.298 e. The Morgan fingerprint density at radius 3 is 2.59 bits per heavy atom. The van der Waals surface area contributed by atoms with Crippen molar-refractivity contribution >= 4 is 33.1 Å². The molecule has 0 radical (unpaired) electrons. The number of fused-ring (bicyclic) bond motifs is 1. The van der Waals surface area contributed by atoms with Gasteiger partial charge in [0.1, 0.15) is 0 Å². The number of nitrogens with zero attached hydrogens (tertiary/aromatic N) is 1. The van der Waals surface area contributed by atoms with Gasteiger partial charge in [-0.1, -0.05) is 42.8 Å². The molecular weight excluding hydrogens is 278 g/mol. The number of carbonyl (C=O) groups excluding carboxylic acids is 1. The second-order valence-corrected chi connectivity index (χ2v) is 6.03. The number of halogens is 1. The average Bonchev–Trinajstić information content (AvgIpc) is 2.25. The van der Waals surface area contributed by atoms with Gasteiger partial charge < -0.3 is 0 Å². The summed E-state index contributed by atoms with van der Waals surface area (Å²) in [5.74, 6) is 0. The van der Waals surface area contributed by atoms with Crippen LogP contribution in [0.4, 0.5) is 0 Å². The lowest BCUT2D eigenvalue weighted by Crippen LogP contribution is -2.15. The van der Waals surface area contributed by atoms with Crippen LogP contribution < -0.4 is 0 Å². The van der Waals surface area contributed by atoms with Crippen LogP contribution in [0.2, 0.25) is 0 Å². The van der Waals surface area contributed by atoms with Crippen LogP contribution in [-0.2, 0) is 5.41 Å². The topological polar surface area (TPSA) is 30.0 Å². The molecule has 0 unspecified atom stereocenters. The zero-order valence-corrected chi connectivity index (χ0v) is 11.7. The minimum Gasteiger partial charge on any atom is -0.298 e. The highest BCUT2D eigenvalue weighted by Gasteiger charge is 2.21. The van der Waals surface area contributed by atoms with Gasteiger partial charge in [0.25, 0.3) is 0 Å². The normalized spacial score (nSPS) is 11.8. The third-order valence-corrected chi connectivity index (χ3v) is 3.23. The predicted molar refractivity (Wildman–Crippen MR) is 73.5 cm³/mol. The molecule has 0 fully saturated rings. The van der Waals surface area contributed by atoms with Gasteiger partial charge in [-0.25, -0.2) is 0 Å². The monoisotopic (exact) mass is 291 g/mol. The standard InChI is InChI=1S/C14H14BrNO/c1-14(2,3)13-9(8-17)7-16-12-6-10(15)4-5-11(12)13/h4-8H,1-3H3. The van der Waals surface area contributed by atoms with Crippen LogP contribution in [0.1, 0.15) is 36.7 Å². The van der Waals surface area contributed by atoms with Crippen LogP contribution in [0.15, 0.2) is 28.9 Å². The summed E-state index contributed by atoms with van der Waals surface area (Å²) in [7, 11) is 0. The molecule has 1 heterocycles. The van der Waals surface area contributed by atoms with Crippen molar-refractivity contribution in [2.45, 2.75) is 26.2 Å². The molecule has 2 aromatic rings. The number of benzene rings is 1. The van der Waals surface area contributed by atoms with E-state index in [4.69, 9.17) is 0 Å². The molecular formula is C14H14BrNO. The van der Waals surface area contributed by atoms with Crippen LogP contribution in [0.3, 0.4) is 0 Å². The summed E-state index contributed by atoms with van der Waals surface area (Å²) < 4.78 is 0.996. The molecule has 0 atom stereocenters. The van der Waals surface area contributed by atoms with E-state index >= 15 is 0 Å². The number of hydrogen-bond donors (Lipinski definition) is 0. The lowest BCUT2D eigenvalue weighted by atomic mass is 9.82. The van der Waals surface area contributed by atoms with Crippen molar-refractivity contribution in [3.63, 3.8) is 0 Å². The molecule has 3 heteroatoms. The van der Waals surface area contributed by atoms with E-state index in [0.717, 1.165) is 27.2 Å². The Kier molecular flexibility index (Phi) is 3.04. The molecule has 0 amide bonds. The Labute approximate surface area is 109 Å². The van der Waals surface area contributed by atoms with E-state index in [1.807, 2.05) is 18.2 Å². The zero-order chi connectivity index (χ0) is 12.6. The maximum atomic E-state index is 11.1. The Morgan fingerprint density at radius 2 is 2.00 bits per heavy atom. The highest BCUT2D eigenvalue weighted by molar-refractivity contribution is 9.10. The Morgan fingerprint density at radius 1 is 1.29 bits per heavy atom. The van der Waals surface area contributed by atoms with E-state index < -0.39 is 0 Å². The van der Waals surface area contributed by atoms with Crippen molar-refractivity contribution in [1.29, 1.82) is 0 Å². The number of aromatic nitrogens is 1. The smallest absolute Gasteiger partial charge is 0.151 e. The van der Waals surface area contributed by atoms with Crippen LogP contribution in [0.25, 0.3) is 10.9 Å². The van der Waals surface area contributed by atoms with E-state index in [0.29, 0.717) is 5.56 Å². The van der Waals surface area contributed by atoms with Gasteiger partial charge >= 0.3 is 0 Å². The summed E-state index contributed by atoms with van der Waals surface area (Å²) >= 11 is 3.43. The van der Waals surface area contributed by atoms with E-state index in [9.17, 15) is 4.79 Å². The van der Waals surface area contributed by atoms with Crippen molar-refractivity contribution in [3.05, 3.63) is 40.0 Å². The molecule has 0 saturated carbocycles. The summed E-state index contributed by atoms with van der Waals surface area (Å²) in [6.07, 6.45) is 2.54. The first-order valence-electron chi connectivity index (χ1n) is 5.47. The van der Waals surface area contributed by atoms with Crippen molar-refractivity contribution in [2.75, 3.05) is 0 Å². The van der Waals surface area contributed by atoms with E-state index in [1.165, 1.54) is 0 Å². The summed E-state index contributed by atoms with van der Waals surface area (Å²) in [6.45, 7) is 6.32. The fourth-order valence-electron chi connectivity index (χ4n) is 2.11. The quantitative estimate of drug-likeness (QED) is 0.740. The van der Waals surface area contributed by atoms with Crippen LogP contribution in [0, 0.1) is 0 Å². The third kappa shape index (κ3) is 2.25. The van der Waals surface area contributed by atoms with Crippen molar-refractivity contribution in [3.8, 4) is 0 Å². The minimum atomic E-state index is -0.0781. The average molecular weight is 292 g/mol. The van der Waals surface area contributed by atoms with Gasteiger partial charge in [-0.2, -0.15) is 0 Å². The number of aldehydes is 1. The minimum absolute atomic E-state index is 0.0781. The lowest BCUT2D eigenvalue weighted by Gasteiger charge is -2.23. The fourth-order valence-corrected chi connectivity index (χ4v) is 2.46. The van der Waals surface area contributed by atoms with Crippen molar-refractivity contribution in [1.82, 2.24) is 4.98 Å². The fraction of sp³-hybridized carbons (Fsp3) is 0.286. The van der Waals surface area contributed by atoms with Gasteiger partial charge in [0, 0.05) is 21.6 Å². The molecule has 17 heavy (non-hydrogen) atoms. The second-order valence-electron chi connectivity index (χ2n) is 5.12. The molecule has 1 aromatic heterocycles. The molecule has 88 valence electrons. The van der Waals surface area contributed by atoms with E-state index in [2.05, 4.69) is 41.7 Å². The van der Waals surface area contributed by atoms with Crippen LogP contribution in [0.5, 0.6) is 0 Å². The summed E-state index contributed by atoms with van der Waals surface area (Å²) in [6, 6.07) is 5.97. The predicted octanol–water partition coefficient (Wildman–Crippen LogP) is 4.11. The lowest BCUT2D eigenvalue weighted by molar-refractivity contribution is 0.112. The Hall–Kier alpha value is -1.22. The number of hydrogen-bond acceptors (Lipinski definition) is 2. The first-order valence-corrected chi connectivity index (χ1v) is 6.26.